The first-order valence-electron chi connectivity index (χ1n) is 8.96. The van der Waals surface area contributed by atoms with Gasteiger partial charge in [0.2, 0.25) is 10.0 Å². The number of anilines is 1. The summed E-state index contributed by atoms with van der Waals surface area (Å²) in [5, 5.41) is 3.21. The molecule has 6 nitrogen and oxygen atoms in total. The second-order valence-corrected chi connectivity index (χ2v) is 9.09. The molecule has 0 bridgehead atoms. The summed E-state index contributed by atoms with van der Waals surface area (Å²) in [5.74, 6) is -0.190. The lowest BCUT2D eigenvalue weighted by Crippen LogP contribution is -2.39. The highest BCUT2D eigenvalue weighted by atomic mass is 32.2. The lowest BCUT2D eigenvalue weighted by molar-refractivity contribution is 0.0827. The van der Waals surface area contributed by atoms with E-state index in [2.05, 4.69) is 10.0 Å². The number of nitrogens with one attached hydrogen (secondary N) is 2. The van der Waals surface area contributed by atoms with E-state index in [0.717, 1.165) is 25.7 Å². The van der Waals surface area contributed by atoms with Crippen LogP contribution >= 0.6 is 0 Å². The van der Waals surface area contributed by atoms with Crippen molar-refractivity contribution in [3.63, 3.8) is 0 Å². The fourth-order valence-electron chi connectivity index (χ4n) is 3.16. The molecule has 1 amide bonds. The van der Waals surface area contributed by atoms with Gasteiger partial charge in [0.15, 0.2) is 0 Å². The van der Waals surface area contributed by atoms with E-state index in [4.69, 9.17) is 0 Å². The number of benzene rings is 1. The number of hydrogen-bond acceptors (Lipinski definition) is 4. The normalized spacial score (nSPS) is 20.6. The molecule has 1 aromatic rings. The predicted molar refractivity (Wildman–Crippen MR) is 101 cm³/mol. The van der Waals surface area contributed by atoms with Crippen LogP contribution in [0.4, 0.5) is 10.1 Å². The number of carbonyl (C=O) groups excluding carboxylic acids is 1. The van der Waals surface area contributed by atoms with Crippen LogP contribution < -0.4 is 10.0 Å². The molecular weight excluding hydrogens is 357 g/mol. The van der Waals surface area contributed by atoms with Crippen LogP contribution in [-0.2, 0) is 10.0 Å². The molecule has 0 atom stereocenters. The molecule has 0 spiro atoms. The van der Waals surface area contributed by atoms with Gasteiger partial charge in [-0.3, -0.25) is 4.79 Å². The van der Waals surface area contributed by atoms with Crippen LogP contribution in [0.15, 0.2) is 18.2 Å². The van der Waals surface area contributed by atoms with Crippen LogP contribution in [0.25, 0.3) is 0 Å². The molecule has 0 radical (unpaired) electrons. The Hall–Kier alpha value is -1.67. The fraction of sp³-hybridized carbons (Fsp3) is 0.611. The average molecular weight is 386 g/mol. The summed E-state index contributed by atoms with van der Waals surface area (Å²) in [6.45, 7) is 2.30. The zero-order chi connectivity index (χ0) is 19.3. The average Bonchev–Trinajstić information content (AvgIpc) is 2.59. The van der Waals surface area contributed by atoms with Crippen molar-refractivity contribution in [2.24, 2.45) is 5.92 Å². The molecule has 2 rings (SSSR count). The topological polar surface area (TPSA) is 78.5 Å². The van der Waals surface area contributed by atoms with E-state index in [9.17, 15) is 17.6 Å². The molecule has 146 valence electrons. The van der Waals surface area contributed by atoms with Gasteiger partial charge >= 0.3 is 0 Å². The van der Waals surface area contributed by atoms with Gasteiger partial charge in [0, 0.05) is 37.9 Å². The summed E-state index contributed by atoms with van der Waals surface area (Å²) in [6.07, 6.45) is 3.42. The van der Waals surface area contributed by atoms with Crippen molar-refractivity contribution in [2.75, 3.05) is 31.7 Å². The maximum atomic E-state index is 13.8. The molecule has 0 aromatic heterocycles. The van der Waals surface area contributed by atoms with E-state index in [0.29, 0.717) is 23.7 Å². The quantitative estimate of drug-likeness (QED) is 0.756. The molecular formula is C18H28FN3O3S. The SMILES string of the molecule is CCS(=O)(=O)N[C@H]1CC[C@H](CNc2cc(F)cc(C(=O)N(C)C)c2)CC1. The molecule has 1 saturated carbocycles. The van der Waals surface area contributed by atoms with Gasteiger partial charge in [-0.15, -0.1) is 0 Å². The number of carbonyl (C=O) groups is 1. The van der Waals surface area contributed by atoms with Crippen molar-refractivity contribution in [3.05, 3.63) is 29.6 Å². The van der Waals surface area contributed by atoms with E-state index in [1.807, 2.05) is 0 Å². The monoisotopic (exact) mass is 385 g/mol. The van der Waals surface area contributed by atoms with Crippen molar-refractivity contribution in [3.8, 4) is 0 Å². The van der Waals surface area contributed by atoms with Crippen LogP contribution in [-0.4, -0.2) is 51.7 Å². The molecule has 8 heteroatoms. The smallest absolute Gasteiger partial charge is 0.253 e. The molecule has 1 fully saturated rings. The Morgan fingerprint density at radius 1 is 1.19 bits per heavy atom. The van der Waals surface area contributed by atoms with Gasteiger partial charge in [0.1, 0.15) is 5.82 Å². The fourth-order valence-corrected chi connectivity index (χ4v) is 4.07. The van der Waals surface area contributed by atoms with Crippen LogP contribution in [0, 0.1) is 11.7 Å². The Morgan fingerprint density at radius 3 is 2.42 bits per heavy atom. The molecule has 0 heterocycles. The Morgan fingerprint density at radius 2 is 1.85 bits per heavy atom. The summed E-state index contributed by atoms with van der Waals surface area (Å²) < 4.78 is 39.8. The van der Waals surface area contributed by atoms with Gasteiger partial charge in [0.05, 0.1) is 5.75 Å². The van der Waals surface area contributed by atoms with E-state index < -0.39 is 15.8 Å². The van der Waals surface area contributed by atoms with Crippen molar-refractivity contribution in [2.45, 2.75) is 38.6 Å². The van der Waals surface area contributed by atoms with Gasteiger partial charge in [0.25, 0.3) is 5.91 Å². The minimum atomic E-state index is -3.16. The van der Waals surface area contributed by atoms with Gasteiger partial charge in [-0.1, -0.05) is 0 Å². The molecule has 1 aliphatic rings. The van der Waals surface area contributed by atoms with Gasteiger partial charge in [-0.25, -0.2) is 17.5 Å². The Kier molecular flexibility index (Phi) is 7.00. The molecule has 2 N–H and O–H groups in total. The van der Waals surface area contributed by atoms with Crippen molar-refractivity contribution in [1.29, 1.82) is 0 Å². The number of hydrogen-bond donors (Lipinski definition) is 2. The zero-order valence-electron chi connectivity index (χ0n) is 15.6. The van der Waals surface area contributed by atoms with Crippen molar-refractivity contribution < 1.29 is 17.6 Å². The first-order valence-corrected chi connectivity index (χ1v) is 10.6. The van der Waals surface area contributed by atoms with E-state index in [1.54, 1.807) is 27.1 Å². The first-order chi connectivity index (χ1) is 12.2. The maximum Gasteiger partial charge on any atom is 0.253 e. The van der Waals surface area contributed by atoms with Gasteiger partial charge < -0.3 is 10.2 Å². The Bertz CT molecular complexity index is 729. The predicted octanol–water partition coefficient (Wildman–Crippen LogP) is 2.44. The number of sulfonamides is 1. The van der Waals surface area contributed by atoms with E-state index in [-0.39, 0.29) is 17.7 Å². The largest absolute Gasteiger partial charge is 0.385 e. The van der Waals surface area contributed by atoms with Crippen LogP contribution in [0.1, 0.15) is 43.0 Å². The second kappa shape index (κ2) is 8.81. The number of nitrogens with zero attached hydrogens (tertiary/aromatic N) is 1. The molecule has 0 aliphatic heterocycles. The van der Waals surface area contributed by atoms with Crippen LogP contribution in [0.3, 0.4) is 0 Å². The summed E-state index contributed by atoms with van der Waals surface area (Å²) >= 11 is 0. The summed E-state index contributed by atoms with van der Waals surface area (Å²) in [7, 11) is 0.101. The molecule has 1 aromatic carbocycles. The van der Waals surface area contributed by atoms with Crippen molar-refractivity contribution >= 4 is 21.6 Å². The number of rotatable bonds is 7. The van der Waals surface area contributed by atoms with Crippen molar-refractivity contribution in [1.82, 2.24) is 9.62 Å². The third-order valence-corrected chi connectivity index (χ3v) is 6.17. The van der Waals surface area contributed by atoms with Gasteiger partial charge in [-0.05, 0) is 56.7 Å². The highest BCUT2D eigenvalue weighted by Gasteiger charge is 2.24. The van der Waals surface area contributed by atoms with E-state index in [1.165, 1.54) is 17.0 Å². The lowest BCUT2D eigenvalue weighted by atomic mass is 9.86. The Balaban J connectivity index is 1.88. The Labute approximate surface area is 155 Å². The maximum absolute atomic E-state index is 13.8. The highest BCUT2D eigenvalue weighted by Crippen LogP contribution is 2.25. The molecule has 26 heavy (non-hydrogen) atoms. The van der Waals surface area contributed by atoms with Crippen LogP contribution in [0.5, 0.6) is 0 Å². The summed E-state index contributed by atoms with van der Waals surface area (Å²) in [6, 6.07) is 4.29. The van der Waals surface area contributed by atoms with Gasteiger partial charge in [-0.2, -0.15) is 0 Å². The second-order valence-electron chi connectivity index (χ2n) is 7.05. The lowest BCUT2D eigenvalue weighted by Gasteiger charge is -2.29. The third-order valence-electron chi connectivity index (χ3n) is 4.72. The summed E-state index contributed by atoms with van der Waals surface area (Å²) in [5.41, 5.74) is 0.902. The molecule has 1 aliphatic carbocycles. The van der Waals surface area contributed by atoms with Crippen LogP contribution in [0.2, 0.25) is 0 Å². The minimum Gasteiger partial charge on any atom is -0.385 e. The van der Waals surface area contributed by atoms with E-state index >= 15 is 0 Å². The molecule has 0 unspecified atom stereocenters. The zero-order valence-corrected chi connectivity index (χ0v) is 16.4. The standard InChI is InChI=1S/C18H28FN3O3S/c1-4-26(24,25)21-16-7-5-13(6-8-16)12-20-17-10-14(9-15(19)11-17)18(23)22(2)3/h9-11,13,16,20-21H,4-8,12H2,1-3H3/t13-,16-. The summed E-state index contributed by atoms with van der Waals surface area (Å²) in [4.78, 5) is 13.4. The highest BCUT2D eigenvalue weighted by molar-refractivity contribution is 7.89. The molecule has 0 saturated heterocycles. The first kappa shape index (κ1) is 20.6. The number of halogens is 1. The number of amides is 1. The third kappa shape index (κ3) is 5.95. The minimum absolute atomic E-state index is 0.00897.